The van der Waals surface area contributed by atoms with Gasteiger partial charge >= 0.3 is 0 Å². The molecular formula is C14H14O4S. The molecule has 2 aromatic carbocycles. The van der Waals surface area contributed by atoms with Gasteiger partial charge in [0.2, 0.25) is 9.84 Å². The predicted octanol–water partition coefficient (Wildman–Crippen LogP) is 2.55. The first-order valence-electron chi connectivity index (χ1n) is 5.68. The molecule has 0 fully saturated rings. The average Bonchev–Trinajstić information content (AvgIpc) is 2.36. The fraction of sp³-hybridized carbons (Fsp3) is 0.143. The van der Waals surface area contributed by atoms with Crippen molar-refractivity contribution < 1.29 is 18.6 Å². The van der Waals surface area contributed by atoms with Gasteiger partial charge in [0.05, 0.1) is 4.90 Å². The van der Waals surface area contributed by atoms with Gasteiger partial charge in [-0.3, -0.25) is 0 Å². The van der Waals surface area contributed by atoms with Crippen LogP contribution in [0.2, 0.25) is 0 Å². The maximum absolute atomic E-state index is 12.5. The standard InChI is InChI=1S/C14H14O4S/c1-9-7-8-12(10(2)14(9)16)19(17,18)13-6-4-3-5-11(13)15/h3-8,15-16H,1-2H3. The van der Waals surface area contributed by atoms with Crippen LogP contribution in [-0.4, -0.2) is 18.6 Å². The molecular weight excluding hydrogens is 264 g/mol. The number of para-hydroxylation sites is 1. The molecule has 0 atom stereocenters. The van der Waals surface area contributed by atoms with E-state index in [1.807, 2.05) is 0 Å². The molecule has 0 radical (unpaired) electrons. The minimum Gasteiger partial charge on any atom is -0.507 e. The van der Waals surface area contributed by atoms with Gasteiger partial charge in [-0.05, 0) is 37.6 Å². The summed E-state index contributed by atoms with van der Waals surface area (Å²) in [4.78, 5) is -0.168. The van der Waals surface area contributed by atoms with Crippen LogP contribution in [0.3, 0.4) is 0 Å². The van der Waals surface area contributed by atoms with E-state index in [0.29, 0.717) is 5.56 Å². The lowest BCUT2D eigenvalue weighted by molar-refractivity contribution is 0.457. The molecule has 0 saturated heterocycles. The maximum Gasteiger partial charge on any atom is 0.210 e. The second kappa shape index (κ2) is 4.59. The molecule has 2 aromatic rings. The molecule has 0 heterocycles. The highest BCUT2D eigenvalue weighted by Crippen LogP contribution is 2.34. The van der Waals surface area contributed by atoms with E-state index in [-0.39, 0.29) is 26.9 Å². The SMILES string of the molecule is Cc1ccc(S(=O)(=O)c2ccccc2O)c(C)c1O. The lowest BCUT2D eigenvalue weighted by atomic mass is 10.1. The van der Waals surface area contributed by atoms with Gasteiger partial charge in [0.1, 0.15) is 16.4 Å². The summed E-state index contributed by atoms with van der Waals surface area (Å²) in [5, 5.41) is 19.5. The van der Waals surface area contributed by atoms with Crippen LogP contribution in [0.4, 0.5) is 0 Å². The highest BCUT2D eigenvalue weighted by Gasteiger charge is 2.24. The highest BCUT2D eigenvalue weighted by atomic mass is 32.2. The molecule has 0 aromatic heterocycles. The third-order valence-electron chi connectivity index (χ3n) is 3.03. The summed E-state index contributed by atoms with van der Waals surface area (Å²) >= 11 is 0. The molecule has 0 bridgehead atoms. The van der Waals surface area contributed by atoms with E-state index in [1.165, 1.54) is 37.3 Å². The van der Waals surface area contributed by atoms with Crippen molar-refractivity contribution in [3.05, 3.63) is 47.5 Å². The molecule has 0 aliphatic carbocycles. The Labute approximate surface area is 111 Å². The van der Waals surface area contributed by atoms with E-state index in [1.54, 1.807) is 13.0 Å². The van der Waals surface area contributed by atoms with Crippen molar-refractivity contribution in [2.45, 2.75) is 23.6 Å². The predicted molar refractivity (Wildman–Crippen MR) is 71.1 cm³/mol. The summed E-state index contributed by atoms with van der Waals surface area (Å²) in [6, 6.07) is 8.71. The van der Waals surface area contributed by atoms with E-state index in [9.17, 15) is 18.6 Å². The summed E-state index contributed by atoms with van der Waals surface area (Å²) in [6.07, 6.45) is 0. The quantitative estimate of drug-likeness (QED) is 0.885. The molecule has 0 aliphatic heterocycles. The summed E-state index contributed by atoms with van der Waals surface area (Å²) in [5.74, 6) is -0.349. The Morgan fingerprint density at radius 2 is 1.53 bits per heavy atom. The Bertz CT molecular complexity index is 733. The van der Waals surface area contributed by atoms with Crippen molar-refractivity contribution in [1.82, 2.24) is 0 Å². The fourth-order valence-corrected chi connectivity index (χ4v) is 3.50. The Morgan fingerprint density at radius 3 is 2.16 bits per heavy atom. The van der Waals surface area contributed by atoms with Gasteiger partial charge in [0.15, 0.2) is 0 Å². The highest BCUT2D eigenvalue weighted by molar-refractivity contribution is 7.91. The zero-order chi connectivity index (χ0) is 14.2. The zero-order valence-electron chi connectivity index (χ0n) is 10.6. The van der Waals surface area contributed by atoms with Crippen molar-refractivity contribution in [1.29, 1.82) is 0 Å². The van der Waals surface area contributed by atoms with Gasteiger partial charge in [-0.25, -0.2) is 8.42 Å². The third kappa shape index (κ3) is 2.17. The molecule has 0 unspecified atom stereocenters. The van der Waals surface area contributed by atoms with Crippen molar-refractivity contribution in [3.63, 3.8) is 0 Å². The number of aryl methyl sites for hydroxylation is 1. The average molecular weight is 278 g/mol. The van der Waals surface area contributed by atoms with Gasteiger partial charge in [0, 0.05) is 5.56 Å². The number of hydrogen-bond acceptors (Lipinski definition) is 4. The second-order valence-corrected chi connectivity index (χ2v) is 6.21. The van der Waals surface area contributed by atoms with Crippen molar-refractivity contribution >= 4 is 9.84 Å². The Hall–Kier alpha value is -2.01. The van der Waals surface area contributed by atoms with Crippen molar-refractivity contribution in [2.75, 3.05) is 0 Å². The van der Waals surface area contributed by atoms with Crippen LogP contribution in [-0.2, 0) is 9.84 Å². The molecule has 0 saturated carbocycles. The first-order chi connectivity index (χ1) is 8.85. The van der Waals surface area contributed by atoms with Crippen molar-refractivity contribution in [3.8, 4) is 11.5 Å². The molecule has 2 N–H and O–H groups in total. The van der Waals surface area contributed by atoms with Gasteiger partial charge in [-0.1, -0.05) is 18.2 Å². The number of phenols is 2. The first-order valence-corrected chi connectivity index (χ1v) is 7.16. The third-order valence-corrected chi connectivity index (χ3v) is 4.97. The van der Waals surface area contributed by atoms with Crippen LogP contribution in [0.1, 0.15) is 11.1 Å². The smallest absolute Gasteiger partial charge is 0.210 e. The van der Waals surface area contributed by atoms with Gasteiger partial charge in [-0.2, -0.15) is 0 Å². The van der Waals surface area contributed by atoms with Crippen LogP contribution >= 0.6 is 0 Å². The number of sulfone groups is 1. The zero-order valence-corrected chi connectivity index (χ0v) is 11.4. The Balaban J connectivity index is 2.72. The van der Waals surface area contributed by atoms with E-state index in [2.05, 4.69) is 0 Å². The number of aromatic hydroxyl groups is 2. The lowest BCUT2D eigenvalue weighted by Gasteiger charge is -2.11. The Morgan fingerprint density at radius 1 is 0.895 bits per heavy atom. The number of rotatable bonds is 2. The molecule has 19 heavy (non-hydrogen) atoms. The maximum atomic E-state index is 12.5. The second-order valence-electron chi connectivity index (χ2n) is 4.33. The number of hydrogen-bond donors (Lipinski definition) is 2. The fourth-order valence-electron chi connectivity index (χ4n) is 1.91. The van der Waals surface area contributed by atoms with Gasteiger partial charge in [0.25, 0.3) is 0 Å². The van der Waals surface area contributed by atoms with Crippen LogP contribution < -0.4 is 0 Å². The number of benzene rings is 2. The van der Waals surface area contributed by atoms with Gasteiger partial charge in [-0.15, -0.1) is 0 Å². The lowest BCUT2D eigenvalue weighted by Crippen LogP contribution is -2.05. The van der Waals surface area contributed by atoms with E-state index in [0.717, 1.165) is 0 Å². The minimum absolute atomic E-state index is 0.00269. The Kier molecular flexibility index (Phi) is 3.24. The first kappa shape index (κ1) is 13.4. The molecule has 0 amide bonds. The van der Waals surface area contributed by atoms with Crippen molar-refractivity contribution in [2.24, 2.45) is 0 Å². The van der Waals surface area contributed by atoms with Gasteiger partial charge < -0.3 is 10.2 Å². The van der Waals surface area contributed by atoms with Crippen LogP contribution in [0, 0.1) is 13.8 Å². The molecule has 4 nitrogen and oxygen atoms in total. The van der Waals surface area contributed by atoms with Crippen LogP contribution in [0.15, 0.2) is 46.2 Å². The molecule has 0 spiro atoms. The minimum atomic E-state index is -3.85. The summed E-state index contributed by atoms with van der Waals surface area (Å²) < 4.78 is 24.9. The monoisotopic (exact) mass is 278 g/mol. The molecule has 2 rings (SSSR count). The van der Waals surface area contributed by atoms with Crippen LogP contribution in [0.25, 0.3) is 0 Å². The van der Waals surface area contributed by atoms with E-state index < -0.39 is 9.84 Å². The van der Waals surface area contributed by atoms with Crippen LogP contribution in [0.5, 0.6) is 11.5 Å². The molecule has 5 heteroatoms. The molecule has 0 aliphatic rings. The van der Waals surface area contributed by atoms with E-state index >= 15 is 0 Å². The molecule has 100 valence electrons. The normalized spacial score (nSPS) is 11.5. The summed E-state index contributed by atoms with van der Waals surface area (Å²) in [7, 11) is -3.85. The largest absolute Gasteiger partial charge is 0.507 e. The summed E-state index contributed by atoms with van der Waals surface area (Å²) in [6.45, 7) is 3.23. The summed E-state index contributed by atoms with van der Waals surface area (Å²) in [5.41, 5.74) is 0.886. The number of phenolic OH excluding ortho intramolecular Hbond substituents is 2. The topological polar surface area (TPSA) is 74.6 Å². The van der Waals surface area contributed by atoms with E-state index in [4.69, 9.17) is 0 Å².